The fraction of sp³-hybridized carbons (Fsp3) is 0. The number of para-hydroxylation sites is 1. The summed E-state index contributed by atoms with van der Waals surface area (Å²) in [5, 5.41) is 7.30. The van der Waals surface area contributed by atoms with Crippen LogP contribution in [0.25, 0.3) is 5.69 Å². The van der Waals surface area contributed by atoms with E-state index < -0.39 is 11.6 Å². The van der Waals surface area contributed by atoms with Crippen LogP contribution in [0, 0.1) is 0 Å². The molecule has 0 unspecified atom stereocenters. The summed E-state index contributed by atoms with van der Waals surface area (Å²) >= 11 is 11.8. The lowest BCUT2D eigenvalue weighted by atomic mass is 10.3. The van der Waals surface area contributed by atoms with E-state index in [1.54, 1.807) is 36.4 Å². The molecule has 8 heteroatoms. The number of anilines is 1. The summed E-state index contributed by atoms with van der Waals surface area (Å²) in [5.74, 6) is -0.703. The molecule has 2 aromatic carbocycles. The molecule has 0 atom stereocenters. The molecule has 1 heterocycles. The van der Waals surface area contributed by atoms with E-state index in [4.69, 9.17) is 23.2 Å². The summed E-state index contributed by atoms with van der Waals surface area (Å²) in [6.07, 6.45) is 0. The van der Waals surface area contributed by atoms with Gasteiger partial charge in [0.15, 0.2) is 0 Å². The third kappa shape index (κ3) is 3.28. The number of nitrogens with zero attached hydrogens (tertiary/aromatic N) is 2. The lowest BCUT2D eigenvalue weighted by molar-refractivity contribution is 0.101. The Kier molecular flexibility index (Phi) is 4.18. The molecule has 0 saturated carbocycles. The van der Waals surface area contributed by atoms with Crippen molar-refractivity contribution < 1.29 is 4.79 Å². The van der Waals surface area contributed by atoms with Crippen LogP contribution in [0.15, 0.2) is 53.3 Å². The molecule has 0 bridgehead atoms. The maximum absolute atomic E-state index is 12.2. The van der Waals surface area contributed by atoms with Gasteiger partial charge in [0.2, 0.25) is 5.82 Å². The van der Waals surface area contributed by atoms with Crippen LogP contribution in [-0.2, 0) is 0 Å². The number of H-pyrrole nitrogens is 1. The molecule has 3 rings (SSSR count). The van der Waals surface area contributed by atoms with Gasteiger partial charge in [0.1, 0.15) is 0 Å². The van der Waals surface area contributed by atoms with Crippen molar-refractivity contribution in [3.8, 4) is 5.69 Å². The molecule has 0 aliphatic carbocycles. The van der Waals surface area contributed by atoms with Crippen molar-refractivity contribution in [2.75, 3.05) is 5.32 Å². The van der Waals surface area contributed by atoms with Gasteiger partial charge in [-0.05, 0) is 30.3 Å². The van der Waals surface area contributed by atoms with E-state index in [9.17, 15) is 9.59 Å². The van der Waals surface area contributed by atoms with Gasteiger partial charge in [0, 0.05) is 5.02 Å². The average molecular weight is 349 g/mol. The van der Waals surface area contributed by atoms with E-state index in [0.29, 0.717) is 16.4 Å². The van der Waals surface area contributed by atoms with Crippen LogP contribution in [0.5, 0.6) is 0 Å². The molecule has 6 nitrogen and oxygen atoms in total. The highest BCUT2D eigenvalue weighted by Crippen LogP contribution is 2.25. The predicted octanol–water partition coefficient (Wildman–Crippen LogP) is 3.12. The molecule has 0 aliphatic rings. The van der Waals surface area contributed by atoms with E-state index in [-0.39, 0.29) is 10.8 Å². The number of hydrogen-bond donors (Lipinski definition) is 2. The SMILES string of the molecule is O=C(Nc1ccc(Cl)cc1Cl)c1nn(-c2ccccc2)c(=O)[nH]1. The first kappa shape index (κ1) is 15.3. The molecule has 1 amide bonds. The third-order valence-electron chi connectivity index (χ3n) is 3.01. The first-order valence-corrected chi connectivity index (χ1v) is 7.31. The van der Waals surface area contributed by atoms with Gasteiger partial charge in [-0.25, -0.2) is 4.79 Å². The summed E-state index contributed by atoms with van der Waals surface area (Å²) in [6.45, 7) is 0. The normalized spacial score (nSPS) is 10.5. The summed E-state index contributed by atoms with van der Waals surface area (Å²) in [5.41, 5.74) is 0.414. The molecular weight excluding hydrogens is 339 g/mol. The second-order valence-electron chi connectivity index (χ2n) is 4.60. The maximum Gasteiger partial charge on any atom is 0.348 e. The van der Waals surface area contributed by atoms with Gasteiger partial charge in [0.25, 0.3) is 5.91 Å². The van der Waals surface area contributed by atoms with Crippen LogP contribution >= 0.6 is 23.2 Å². The molecule has 0 radical (unpaired) electrons. The topological polar surface area (TPSA) is 79.8 Å². The Morgan fingerprint density at radius 1 is 1.13 bits per heavy atom. The molecule has 1 aromatic heterocycles. The van der Waals surface area contributed by atoms with E-state index in [0.717, 1.165) is 4.68 Å². The molecule has 2 N–H and O–H groups in total. The van der Waals surface area contributed by atoms with Crippen molar-refractivity contribution >= 4 is 34.8 Å². The highest BCUT2D eigenvalue weighted by atomic mass is 35.5. The molecule has 23 heavy (non-hydrogen) atoms. The van der Waals surface area contributed by atoms with Gasteiger partial charge < -0.3 is 5.32 Å². The van der Waals surface area contributed by atoms with Crippen LogP contribution in [0.3, 0.4) is 0 Å². The Balaban J connectivity index is 1.88. The Morgan fingerprint density at radius 2 is 1.87 bits per heavy atom. The Hall–Kier alpha value is -2.57. The maximum atomic E-state index is 12.2. The highest BCUT2D eigenvalue weighted by molar-refractivity contribution is 6.36. The van der Waals surface area contributed by atoms with Gasteiger partial charge in [-0.3, -0.25) is 9.78 Å². The minimum Gasteiger partial charge on any atom is -0.318 e. The summed E-state index contributed by atoms with van der Waals surface area (Å²) in [6, 6.07) is 13.4. The number of carbonyl (C=O) groups is 1. The number of hydrogen-bond acceptors (Lipinski definition) is 3. The fourth-order valence-electron chi connectivity index (χ4n) is 1.94. The molecule has 0 fully saturated rings. The van der Waals surface area contributed by atoms with Crippen LogP contribution in [0.4, 0.5) is 5.69 Å². The van der Waals surface area contributed by atoms with Crippen LogP contribution in [0.2, 0.25) is 10.0 Å². The highest BCUT2D eigenvalue weighted by Gasteiger charge is 2.15. The zero-order valence-corrected chi connectivity index (χ0v) is 13.1. The van der Waals surface area contributed by atoms with Crippen LogP contribution in [-0.4, -0.2) is 20.7 Å². The zero-order chi connectivity index (χ0) is 16.4. The van der Waals surface area contributed by atoms with Crippen LogP contribution < -0.4 is 11.0 Å². The lowest BCUT2D eigenvalue weighted by Gasteiger charge is -2.05. The van der Waals surface area contributed by atoms with Gasteiger partial charge in [-0.1, -0.05) is 41.4 Å². The Morgan fingerprint density at radius 3 is 2.57 bits per heavy atom. The largest absolute Gasteiger partial charge is 0.348 e. The standard InChI is InChI=1S/C15H10Cl2N4O2/c16-9-6-7-12(11(17)8-9)18-14(22)13-19-15(23)21(20-13)10-4-2-1-3-5-10/h1-8H,(H,18,22)(H,19,20,23). The van der Waals surface area contributed by atoms with E-state index in [1.807, 2.05) is 6.07 Å². The van der Waals surface area contributed by atoms with Crippen LogP contribution in [0.1, 0.15) is 10.6 Å². The van der Waals surface area contributed by atoms with Crippen molar-refractivity contribution in [1.29, 1.82) is 0 Å². The number of carbonyl (C=O) groups excluding carboxylic acids is 1. The molecule has 116 valence electrons. The number of aromatic nitrogens is 3. The molecule has 0 saturated heterocycles. The molecule has 0 aliphatic heterocycles. The van der Waals surface area contributed by atoms with E-state index in [2.05, 4.69) is 15.4 Å². The second kappa shape index (κ2) is 6.28. The van der Waals surface area contributed by atoms with Gasteiger partial charge in [0.05, 0.1) is 16.4 Å². The predicted molar refractivity (Wildman–Crippen MR) is 88.6 cm³/mol. The Bertz CT molecular complexity index is 919. The summed E-state index contributed by atoms with van der Waals surface area (Å²) in [7, 11) is 0. The molecular formula is C15H10Cl2N4O2. The van der Waals surface area contributed by atoms with E-state index in [1.165, 1.54) is 6.07 Å². The second-order valence-corrected chi connectivity index (χ2v) is 5.45. The number of aromatic amines is 1. The number of amides is 1. The minimum atomic E-state index is -0.582. The van der Waals surface area contributed by atoms with E-state index >= 15 is 0 Å². The Labute approximate surface area is 140 Å². The monoisotopic (exact) mass is 348 g/mol. The first-order chi connectivity index (χ1) is 11.0. The van der Waals surface area contributed by atoms with Crippen molar-refractivity contribution in [3.63, 3.8) is 0 Å². The molecule has 0 spiro atoms. The number of nitrogens with one attached hydrogen (secondary N) is 2. The number of benzene rings is 2. The summed E-state index contributed by atoms with van der Waals surface area (Å²) < 4.78 is 1.11. The van der Waals surface area contributed by atoms with Crippen molar-refractivity contribution in [3.05, 3.63) is 74.9 Å². The van der Waals surface area contributed by atoms with Gasteiger partial charge >= 0.3 is 5.69 Å². The lowest BCUT2D eigenvalue weighted by Crippen LogP contribution is -2.15. The first-order valence-electron chi connectivity index (χ1n) is 6.56. The number of halogens is 2. The smallest absolute Gasteiger partial charge is 0.318 e. The third-order valence-corrected chi connectivity index (χ3v) is 3.56. The summed E-state index contributed by atoms with van der Waals surface area (Å²) in [4.78, 5) is 26.5. The minimum absolute atomic E-state index is 0.120. The fourth-order valence-corrected chi connectivity index (χ4v) is 2.40. The van der Waals surface area contributed by atoms with Gasteiger partial charge in [-0.15, -0.1) is 5.10 Å². The van der Waals surface area contributed by atoms with Crippen molar-refractivity contribution in [1.82, 2.24) is 14.8 Å². The zero-order valence-electron chi connectivity index (χ0n) is 11.6. The van der Waals surface area contributed by atoms with Crippen molar-refractivity contribution in [2.45, 2.75) is 0 Å². The van der Waals surface area contributed by atoms with Gasteiger partial charge in [-0.2, -0.15) is 4.68 Å². The van der Waals surface area contributed by atoms with Crippen molar-refractivity contribution in [2.24, 2.45) is 0 Å². The quantitative estimate of drug-likeness (QED) is 0.762. The molecule has 3 aromatic rings. The average Bonchev–Trinajstić information content (AvgIpc) is 2.93. The number of rotatable bonds is 3.